The molecule has 1 aromatic heterocycles. The highest BCUT2D eigenvalue weighted by molar-refractivity contribution is 7.13. The molecule has 0 spiro atoms. The third-order valence-corrected chi connectivity index (χ3v) is 4.98. The molecule has 19 heavy (non-hydrogen) atoms. The summed E-state index contributed by atoms with van der Waals surface area (Å²) in [5.74, 6) is -1.22. The summed E-state index contributed by atoms with van der Waals surface area (Å²) in [5, 5.41) is 12.3. The van der Waals surface area contributed by atoms with Crippen LogP contribution in [0.25, 0.3) is 0 Å². The summed E-state index contributed by atoms with van der Waals surface area (Å²) >= 11 is 1.39. The van der Waals surface area contributed by atoms with E-state index in [1.807, 2.05) is 19.9 Å². The van der Waals surface area contributed by atoms with Crippen molar-refractivity contribution in [2.45, 2.75) is 45.1 Å². The van der Waals surface area contributed by atoms with Crippen LogP contribution in [0.15, 0.2) is 12.1 Å². The van der Waals surface area contributed by atoms with Crippen LogP contribution < -0.4 is 5.32 Å². The number of thiophene rings is 1. The van der Waals surface area contributed by atoms with Gasteiger partial charge in [0.15, 0.2) is 0 Å². The van der Waals surface area contributed by atoms with Crippen LogP contribution >= 0.6 is 11.3 Å². The third kappa shape index (κ3) is 2.66. The van der Waals surface area contributed by atoms with Crippen molar-refractivity contribution in [3.05, 3.63) is 21.9 Å². The number of carbonyl (C=O) groups is 2. The molecule has 1 saturated carbocycles. The minimum atomic E-state index is -1.10. The van der Waals surface area contributed by atoms with Crippen LogP contribution in [0.5, 0.6) is 0 Å². The fourth-order valence-electron chi connectivity index (χ4n) is 2.72. The van der Waals surface area contributed by atoms with Gasteiger partial charge in [0.1, 0.15) is 5.54 Å². The van der Waals surface area contributed by atoms with Gasteiger partial charge in [-0.3, -0.25) is 4.79 Å². The Bertz CT molecular complexity index is 497. The maximum Gasteiger partial charge on any atom is 0.329 e. The Morgan fingerprint density at radius 3 is 2.68 bits per heavy atom. The summed E-state index contributed by atoms with van der Waals surface area (Å²) in [6, 6.07) is 3.62. The molecule has 0 radical (unpaired) electrons. The fourth-order valence-corrected chi connectivity index (χ4v) is 3.49. The molecular weight excluding hydrogens is 262 g/mol. The van der Waals surface area contributed by atoms with E-state index in [1.54, 1.807) is 6.07 Å². The largest absolute Gasteiger partial charge is 0.479 e. The predicted octanol–water partition coefficient (Wildman–Crippen LogP) is 2.82. The second kappa shape index (κ2) is 5.33. The van der Waals surface area contributed by atoms with Crippen molar-refractivity contribution in [1.29, 1.82) is 0 Å². The number of aliphatic carboxylic acids is 1. The van der Waals surface area contributed by atoms with Gasteiger partial charge in [0, 0.05) is 4.88 Å². The molecule has 1 heterocycles. The molecule has 4 nitrogen and oxygen atoms in total. The molecule has 0 saturated heterocycles. The van der Waals surface area contributed by atoms with Crippen LogP contribution in [0.3, 0.4) is 0 Å². The number of rotatable bonds is 3. The van der Waals surface area contributed by atoms with Gasteiger partial charge in [0.2, 0.25) is 0 Å². The summed E-state index contributed by atoms with van der Waals surface area (Å²) < 4.78 is 0. The van der Waals surface area contributed by atoms with Crippen molar-refractivity contribution >= 4 is 23.2 Å². The van der Waals surface area contributed by atoms with E-state index in [0.29, 0.717) is 11.3 Å². The Morgan fingerprint density at radius 2 is 2.16 bits per heavy atom. The lowest BCUT2D eigenvalue weighted by Gasteiger charge is -2.39. The van der Waals surface area contributed by atoms with Gasteiger partial charge in [-0.2, -0.15) is 0 Å². The molecule has 1 amide bonds. The monoisotopic (exact) mass is 281 g/mol. The number of carboxylic acids is 1. The number of nitrogens with one attached hydrogen (secondary N) is 1. The van der Waals surface area contributed by atoms with Crippen molar-refractivity contribution in [2.24, 2.45) is 5.92 Å². The van der Waals surface area contributed by atoms with Crippen LogP contribution in [0.4, 0.5) is 0 Å². The zero-order chi connectivity index (χ0) is 14.0. The van der Waals surface area contributed by atoms with E-state index in [1.165, 1.54) is 11.3 Å². The Balaban J connectivity index is 2.21. The first-order valence-electron chi connectivity index (χ1n) is 6.58. The summed E-state index contributed by atoms with van der Waals surface area (Å²) in [6.45, 7) is 3.84. The zero-order valence-electron chi connectivity index (χ0n) is 11.2. The van der Waals surface area contributed by atoms with Gasteiger partial charge in [0.05, 0.1) is 4.88 Å². The summed E-state index contributed by atoms with van der Waals surface area (Å²) in [5.41, 5.74) is -1.10. The van der Waals surface area contributed by atoms with E-state index in [9.17, 15) is 14.7 Å². The van der Waals surface area contributed by atoms with E-state index in [4.69, 9.17) is 0 Å². The van der Waals surface area contributed by atoms with Gasteiger partial charge in [-0.25, -0.2) is 4.79 Å². The zero-order valence-corrected chi connectivity index (χ0v) is 12.0. The minimum absolute atomic E-state index is 0.0382. The normalized spacial score (nSPS) is 26.9. The van der Waals surface area contributed by atoms with Crippen molar-refractivity contribution in [1.82, 2.24) is 5.32 Å². The number of hydrogen-bond acceptors (Lipinski definition) is 3. The van der Waals surface area contributed by atoms with E-state index in [-0.39, 0.29) is 11.8 Å². The molecule has 0 aliphatic heterocycles. The standard InChI is InChI=1S/C14H19NO3S/c1-9-5-3-4-8-14(9,13(17)18)15-12(16)11-7-6-10(2)19-11/h6-7,9H,3-5,8H2,1-2H3,(H,15,16)(H,17,18). The van der Waals surface area contributed by atoms with Crippen LogP contribution in [-0.4, -0.2) is 22.5 Å². The molecule has 2 atom stereocenters. The lowest BCUT2D eigenvalue weighted by molar-refractivity contribution is -0.148. The van der Waals surface area contributed by atoms with Crippen LogP contribution in [0, 0.1) is 12.8 Å². The van der Waals surface area contributed by atoms with Crippen molar-refractivity contribution in [3.8, 4) is 0 Å². The van der Waals surface area contributed by atoms with Gasteiger partial charge in [-0.1, -0.05) is 19.8 Å². The quantitative estimate of drug-likeness (QED) is 0.895. The number of amides is 1. The van der Waals surface area contributed by atoms with E-state index in [2.05, 4.69) is 5.32 Å². The second-order valence-electron chi connectivity index (χ2n) is 5.29. The highest BCUT2D eigenvalue weighted by atomic mass is 32.1. The van der Waals surface area contributed by atoms with Gasteiger partial charge >= 0.3 is 5.97 Å². The minimum Gasteiger partial charge on any atom is -0.479 e. The van der Waals surface area contributed by atoms with Gasteiger partial charge < -0.3 is 10.4 Å². The van der Waals surface area contributed by atoms with E-state index >= 15 is 0 Å². The van der Waals surface area contributed by atoms with E-state index < -0.39 is 11.5 Å². The lowest BCUT2D eigenvalue weighted by atomic mass is 9.73. The molecule has 1 aliphatic rings. The molecule has 1 aliphatic carbocycles. The smallest absolute Gasteiger partial charge is 0.329 e. The van der Waals surface area contributed by atoms with E-state index in [0.717, 1.165) is 24.1 Å². The van der Waals surface area contributed by atoms with Gasteiger partial charge in [-0.15, -0.1) is 11.3 Å². The molecule has 1 aromatic rings. The predicted molar refractivity (Wildman–Crippen MR) is 74.5 cm³/mol. The summed E-state index contributed by atoms with van der Waals surface area (Å²) in [7, 11) is 0. The number of aryl methyl sites for hydroxylation is 1. The average molecular weight is 281 g/mol. The van der Waals surface area contributed by atoms with Gasteiger partial charge in [-0.05, 0) is 37.8 Å². The van der Waals surface area contributed by atoms with Crippen LogP contribution in [-0.2, 0) is 4.79 Å². The van der Waals surface area contributed by atoms with Crippen LogP contribution in [0.1, 0.15) is 47.2 Å². The highest BCUT2D eigenvalue weighted by Gasteiger charge is 2.46. The number of carbonyl (C=O) groups excluding carboxylic acids is 1. The fraction of sp³-hybridized carbons (Fsp3) is 0.571. The molecular formula is C14H19NO3S. The number of carboxylic acid groups (broad SMARTS) is 1. The van der Waals surface area contributed by atoms with Crippen molar-refractivity contribution < 1.29 is 14.7 Å². The SMILES string of the molecule is Cc1ccc(C(=O)NC2(C(=O)O)CCCCC2C)s1. The topological polar surface area (TPSA) is 66.4 Å². The third-order valence-electron chi connectivity index (χ3n) is 3.98. The highest BCUT2D eigenvalue weighted by Crippen LogP contribution is 2.34. The molecule has 0 aromatic carbocycles. The Labute approximate surface area is 116 Å². The first-order valence-corrected chi connectivity index (χ1v) is 7.40. The van der Waals surface area contributed by atoms with Crippen LogP contribution in [0.2, 0.25) is 0 Å². The second-order valence-corrected chi connectivity index (χ2v) is 6.58. The molecule has 2 N–H and O–H groups in total. The maximum atomic E-state index is 12.2. The first kappa shape index (κ1) is 14.1. The molecule has 2 unspecified atom stereocenters. The summed E-state index contributed by atoms with van der Waals surface area (Å²) in [6.07, 6.45) is 3.24. The lowest BCUT2D eigenvalue weighted by Crippen LogP contribution is -2.59. The molecule has 5 heteroatoms. The van der Waals surface area contributed by atoms with Crippen molar-refractivity contribution in [3.63, 3.8) is 0 Å². The van der Waals surface area contributed by atoms with Gasteiger partial charge in [0.25, 0.3) is 5.91 Å². The molecule has 2 rings (SSSR count). The molecule has 1 fully saturated rings. The average Bonchev–Trinajstić information content (AvgIpc) is 2.78. The molecule has 0 bridgehead atoms. The molecule has 104 valence electrons. The van der Waals surface area contributed by atoms with Crippen molar-refractivity contribution in [2.75, 3.05) is 0 Å². The Morgan fingerprint density at radius 1 is 1.42 bits per heavy atom. The summed E-state index contributed by atoms with van der Waals surface area (Å²) in [4.78, 5) is 25.5. The maximum absolute atomic E-state index is 12.2. The first-order chi connectivity index (χ1) is 8.95. The number of hydrogen-bond donors (Lipinski definition) is 2. The Kier molecular flexibility index (Phi) is 3.94. The Hall–Kier alpha value is -1.36.